The van der Waals surface area contributed by atoms with Crippen molar-refractivity contribution in [1.82, 2.24) is 15.2 Å². The lowest BCUT2D eigenvalue weighted by atomic mass is 9.83. The Morgan fingerprint density at radius 2 is 1.94 bits per heavy atom. The fourth-order valence-corrected chi connectivity index (χ4v) is 5.20. The highest BCUT2D eigenvalue weighted by Gasteiger charge is 2.33. The van der Waals surface area contributed by atoms with E-state index in [1.54, 1.807) is 7.11 Å². The van der Waals surface area contributed by atoms with E-state index >= 15 is 0 Å². The minimum Gasteiger partial charge on any atom is -0.497 e. The summed E-state index contributed by atoms with van der Waals surface area (Å²) in [5, 5.41) is 5.82. The smallest absolute Gasteiger partial charge is 0.223 e. The summed E-state index contributed by atoms with van der Waals surface area (Å²) in [5.41, 5.74) is 2.30. The third-order valence-corrected chi connectivity index (χ3v) is 7.31. The number of likely N-dealkylation sites (tertiary alicyclic amines) is 1. The van der Waals surface area contributed by atoms with Crippen LogP contribution < -0.4 is 10.1 Å². The molecule has 0 radical (unpaired) electrons. The van der Waals surface area contributed by atoms with Crippen molar-refractivity contribution < 1.29 is 9.53 Å². The molecule has 1 saturated heterocycles. The second-order valence-electron chi connectivity index (χ2n) is 9.55. The number of benzene rings is 2. The lowest BCUT2D eigenvalue weighted by Gasteiger charge is -2.38. The molecule has 2 aromatic carbocycles. The van der Waals surface area contributed by atoms with Crippen molar-refractivity contribution in [2.45, 2.75) is 44.7 Å². The molecule has 5 nitrogen and oxygen atoms in total. The number of pyridine rings is 1. The summed E-state index contributed by atoms with van der Waals surface area (Å²) in [4.78, 5) is 20.0. The van der Waals surface area contributed by atoms with E-state index < -0.39 is 0 Å². The van der Waals surface area contributed by atoms with Crippen LogP contribution in [-0.2, 0) is 11.3 Å². The zero-order chi connectivity index (χ0) is 22.6. The Labute approximate surface area is 196 Å². The quantitative estimate of drug-likeness (QED) is 0.551. The molecule has 0 bridgehead atoms. The predicted octanol–water partition coefficient (Wildman–Crippen LogP) is 5.11. The average molecular weight is 444 g/mol. The fraction of sp³-hybridized carbons (Fsp3) is 0.429. The topological polar surface area (TPSA) is 54.5 Å². The summed E-state index contributed by atoms with van der Waals surface area (Å²) < 4.78 is 5.35. The number of hydrogen-bond donors (Lipinski definition) is 1. The molecule has 1 aliphatic carbocycles. The largest absolute Gasteiger partial charge is 0.497 e. The van der Waals surface area contributed by atoms with Crippen LogP contribution in [0.15, 0.2) is 60.8 Å². The minimum atomic E-state index is -0.0221. The van der Waals surface area contributed by atoms with Crippen LogP contribution in [0.2, 0.25) is 0 Å². The summed E-state index contributed by atoms with van der Waals surface area (Å²) in [5.74, 6) is 1.65. The van der Waals surface area contributed by atoms with E-state index in [4.69, 9.17) is 4.74 Å². The molecule has 0 spiro atoms. The lowest BCUT2D eigenvalue weighted by Crippen LogP contribution is -2.45. The average Bonchev–Trinajstić information content (AvgIpc) is 2.82. The number of piperidine rings is 1. The molecule has 5 rings (SSSR count). The molecule has 2 aliphatic rings. The van der Waals surface area contributed by atoms with Crippen molar-refractivity contribution in [2.24, 2.45) is 11.8 Å². The number of nitrogens with zero attached hydrogens (tertiary/aromatic N) is 2. The monoisotopic (exact) mass is 443 g/mol. The summed E-state index contributed by atoms with van der Waals surface area (Å²) in [6.45, 7) is 2.97. The van der Waals surface area contributed by atoms with E-state index in [1.807, 2.05) is 24.4 Å². The van der Waals surface area contributed by atoms with Gasteiger partial charge < -0.3 is 10.1 Å². The Hall–Kier alpha value is -2.92. The van der Waals surface area contributed by atoms with Gasteiger partial charge in [0.05, 0.1) is 18.8 Å². The number of hydrogen-bond acceptors (Lipinski definition) is 4. The molecule has 5 heteroatoms. The number of carbonyl (C=O) groups excluding carboxylic acids is 1. The fourth-order valence-electron chi connectivity index (χ4n) is 5.20. The van der Waals surface area contributed by atoms with Crippen LogP contribution in [0.1, 0.15) is 49.4 Å². The SMILES string of the molecule is COc1ccc2cc(CN3CCC[C@@H]([C@H](NC(=O)C4CCC4)c4ccccn4)C3)ccc2c1. The van der Waals surface area contributed by atoms with E-state index in [2.05, 4.69) is 51.6 Å². The molecule has 2 heterocycles. The molecular weight excluding hydrogens is 410 g/mol. The number of fused-ring (bicyclic) bond motifs is 1. The van der Waals surface area contributed by atoms with Gasteiger partial charge in [0.15, 0.2) is 0 Å². The Morgan fingerprint density at radius 1 is 1.09 bits per heavy atom. The highest BCUT2D eigenvalue weighted by atomic mass is 16.5. The first-order chi connectivity index (χ1) is 16.2. The number of aromatic nitrogens is 1. The minimum absolute atomic E-state index is 0.0221. The molecule has 1 saturated carbocycles. The van der Waals surface area contributed by atoms with Crippen LogP contribution in [-0.4, -0.2) is 36.0 Å². The molecule has 33 heavy (non-hydrogen) atoms. The summed E-state index contributed by atoms with van der Waals surface area (Å²) in [7, 11) is 1.70. The van der Waals surface area contributed by atoms with E-state index in [0.717, 1.165) is 56.8 Å². The molecule has 3 aromatic rings. The van der Waals surface area contributed by atoms with Crippen molar-refractivity contribution in [3.05, 3.63) is 72.1 Å². The first-order valence-electron chi connectivity index (χ1n) is 12.2. The highest BCUT2D eigenvalue weighted by molar-refractivity contribution is 5.84. The molecule has 1 aromatic heterocycles. The third-order valence-electron chi connectivity index (χ3n) is 7.31. The van der Waals surface area contributed by atoms with E-state index in [9.17, 15) is 4.79 Å². The zero-order valence-corrected chi connectivity index (χ0v) is 19.4. The van der Waals surface area contributed by atoms with Crippen molar-refractivity contribution in [1.29, 1.82) is 0 Å². The van der Waals surface area contributed by atoms with Gasteiger partial charge in [0.1, 0.15) is 5.75 Å². The van der Waals surface area contributed by atoms with Crippen molar-refractivity contribution >= 4 is 16.7 Å². The Morgan fingerprint density at radius 3 is 2.70 bits per heavy atom. The van der Waals surface area contributed by atoms with Gasteiger partial charge >= 0.3 is 0 Å². The Kier molecular flexibility index (Phi) is 6.58. The maximum absolute atomic E-state index is 12.8. The van der Waals surface area contributed by atoms with E-state index in [0.29, 0.717) is 5.92 Å². The summed E-state index contributed by atoms with van der Waals surface area (Å²) >= 11 is 0. The van der Waals surface area contributed by atoms with Gasteiger partial charge in [-0.2, -0.15) is 0 Å². The standard InChI is InChI=1S/C28H33N3O2/c1-33-25-13-12-22-16-20(10-11-23(22)17-25)18-31-15-5-8-24(19-31)27(26-9-2-3-14-29-26)30-28(32)21-6-4-7-21/h2-3,9-14,16-17,21,24,27H,4-8,15,18-19H2,1H3,(H,30,32)/t24-,27+/m1/s1. The van der Waals surface area contributed by atoms with Gasteiger partial charge in [-0.05, 0) is 84.8 Å². The maximum atomic E-state index is 12.8. The van der Waals surface area contributed by atoms with Crippen molar-refractivity contribution in [3.63, 3.8) is 0 Å². The van der Waals surface area contributed by atoms with Crippen molar-refractivity contribution in [2.75, 3.05) is 20.2 Å². The zero-order valence-electron chi connectivity index (χ0n) is 19.4. The van der Waals surface area contributed by atoms with Crippen LogP contribution in [0.3, 0.4) is 0 Å². The second kappa shape index (κ2) is 9.92. The number of amides is 1. The predicted molar refractivity (Wildman–Crippen MR) is 131 cm³/mol. The summed E-state index contributed by atoms with van der Waals surface area (Å²) in [6, 6.07) is 18.9. The van der Waals surface area contributed by atoms with Crippen molar-refractivity contribution in [3.8, 4) is 5.75 Å². The summed E-state index contributed by atoms with van der Waals surface area (Å²) in [6.07, 6.45) is 7.29. The van der Waals surface area contributed by atoms with E-state index in [1.165, 1.54) is 22.8 Å². The van der Waals surface area contributed by atoms with Crippen LogP contribution in [0.5, 0.6) is 5.75 Å². The molecule has 0 unspecified atom stereocenters. The van der Waals surface area contributed by atoms with E-state index in [-0.39, 0.29) is 17.9 Å². The van der Waals surface area contributed by atoms with Crippen LogP contribution in [0, 0.1) is 11.8 Å². The number of carbonyl (C=O) groups is 1. The maximum Gasteiger partial charge on any atom is 0.223 e. The van der Waals surface area contributed by atoms with Gasteiger partial charge in [0.2, 0.25) is 5.91 Å². The Balaban J connectivity index is 1.30. The van der Waals surface area contributed by atoms with Gasteiger partial charge in [0.25, 0.3) is 0 Å². The van der Waals surface area contributed by atoms with Gasteiger partial charge in [-0.25, -0.2) is 0 Å². The molecular formula is C28H33N3O2. The van der Waals surface area contributed by atoms with Crippen LogP contribution in [0.25, 0.3) is 10.8 Å². The number of nitrogens with one attached hydrogen (secondary N) is 1. The highest BCUT2D eigenvalue weighted by Crippen LogP contribution is 2.33. The normalized spacial score (nSPS) is 20.2. The van der Waals surface area contributed by atoms with Crippen LogP contribution >= 0.6 is 0 Å². The van der Waals surface area contributed by atoms with Gasteiger partial charge in [0, 0.05) is 25.2 Å². The number of methoxy groups -OCH3 is 1. The molecule has 1 N–H and O–H groups in total. The third kappa shape index (κ3) is 5.03. The molecule has 2 atom stereocenters. The second-order valence-corrected chi connectivity index (χ2v) is 9.55. The first kappa shape index (κ1) is 21.9. The van der Waals surface area contributed by atoms with Crippen LogP contribution in [0.4, 0.5) is 0 Å². The van der Waals surface area contributed by atoms with Gasteiger partial charge in [-0.15, -0.1) is 0 Å². The molecule has 1 amide bonds. The first-order valence-corrected chi connectivity index (χ1v) is 12.2. The molecule has 172 valence electrons. The molecule has 2 fully saturated rings. The van der Waals surface area contributed by atoms with Gasteiger partial charge in [-0.1, -0.05) is 30.7 Å². The molecule has 1 aliphatic heterocycles. The number of ether oxygens (including phenoxy) is 1. The number of rotatable bonds is 7. The lowest BCUT2D eigenvalue weighted by molar-refractivity contribution is -0.128. The Bertz CT molecular complexity index is 1100. The van der Waals surface area contributed by atoms with Gasteiger partial charge in [-0.3, -0.25) is 14.7 Å².